The smallest absolute Gasteiger partial charge is 0.326 e. The predicted octanol–water partition coefficient (Wildman–Crippen LogP) is 3.88. The maximum Gasteiger partial charge on any atom is 0.326 e. The van der Waals surface area contributed by atoms with E-state index in [4.69, 9.17) is 0 Å². The second-order valence-corrected chi connectivity index (χ2v) is 6.20. The first kappa shape index (κ1) is 14.1. The minimum atomic E-state index is -0.0477. The molecule has 118 valence electrons. The van der Waals surface area contributed by atoms with Gasteiger partial charge in [0.25, 0.3) is 0 Å². The standard InChI is InChI=1S/C19H21N3O/c23-19(20-16-6-2-1-3-7-16)22-13-10-15-8-9-17(14-18(15)22)21-11-4-5-12-21/h1-3,6-9,14H,4-5,10-13H2,(H,20,23). The van der Waals surface area contributed by atoms with E-state index in [-0.39, 0.29) is 6.03 Å². The van der Waals surface area contributed by atoms with Crippen molar-refractivity contribution < 1.29 is 4.79 Å². The highest BCUT2D eigenvalue weighted by atomic mass is 16.2. The summed E-state index contributed by atoms with van der Waals surface area (Å²) in [5.41, 5.74) is 4.39. The van der Waals surface area contributed by atoms with Gasteiger partial charge in [0.1, 0.15) is 0 Å². The lowest BCUT2D eigenvalue weighted by Gasteiger charge is -2.22. The number of anilines is 3. The van der Waals surface area contributed by atoms with Crippen LogP contribution in [0, 0.1) is 0 Å². The van der Waals surface area contributed by atoms with Crippen molar-refractivity contribution in [3.05, 3.63) is 54.1 Å². The van der Waals surface area contributed by atoms with Gasteiger partial charge in [0.15, 0.2) is 0 Å². The third kappa shape index (κ3) is 2.77. The van der Waals surface area contributed by atoms with Gasteiger partial charge in [-0.2, -0.15) is 0 Å². The van der Waals surface area contributed by atoms with Gasteiger partial charge < -0.3 is 10.2 Å². The van der Waals surface area contributed by atoms with Crippen LogP contribution in [0.2, 0.25) is 0 Å². The number of benzene rings is 2. The fraction of sp³-hybridized carbons (Fsp3) is 0.316. The highest BCUT2D eigenvalue weighted by Gasteiger charge is 2.26. The summed E-state index contributed by atoms with van der Waals surface area (Å²) in [4.78, 5) is 16.9. The highest BCUT2D eigenvalue weighted by Crippen LogP contribution is 2.33. The van der Waals surface area contributed by atoms with Gasteiger partial charge in [-0.15, -0.1) is 0 Å². The molecule has 4 heteroatoms. The minimum absolute atomic E-state index is 0.0477. The van der Waals surface area contributed by atoms with Crippen molar-refractivity contribution in [2.24, 2.45) is 0 Å². The van der Waals surface area contributed by atoms with E-state index in [1.165, 1.54) is 24.1 Å². The van der Waals surface area contributed by atoms with Crippen molar-refractivity contribution in [2.45, 2.75) is 19.3 Å². The molecular formula is C19H21N3O. The maximum atomic E-state index is 12.6. The van der Waals surface area contributed by atoms with Crippen molar-refractivity contribution in [2.75, 3.05) is 34.8 Å². The summed E-state index contributed by atoms with van der Waals surface area (Å²) >= 11 is 0. The molecule has 2 heterocycles. The molecule has 1 N–H and O–H groups in total. The van der Waals surface area contributed by atoms with Crippen molar-refractivity contribution >= 4 is 23.1 Å². The Kier molecular flexibility index (Phi) is 3.66. The molecule has 4 nitrogen and oxygen atoms in total. The van der Waals surface area contributed by atoms with E-state index in [0.29, 0.717) is 0 Å². The third-order valence-corrected chi connectivity index (χ3v) is 4.71. The van der Waals surface area contributed by atoms with E-state index in [9.17, 15) is 4.79 Å². The fourth-order valence-corrected chi connectivity index (χ4v) is 3.46. The molecule has 2 aliphatic heterocycles. The zero-order valence-corrected chi connectivity index (χ0v) is 13.2. The number of hydrogen-bond donors (Lipinski definition) is 1. The summed E-state index contributed by atoms with van der Waals surface area (Å²) in [5, 5.41) is 2.99. The topological polar surface area (TPSA) is 35.6 Å². The molecule has 0 radical (unpaired) electrons. The zero-order chi connectivity index (χ0) is 15.6. The molecule has 2 aromatic carbocycles. The maximum absolute atomic E-state index is 12.6. The molecule has 0 unspecified atom stereocenters. The van der Waals surface area contributed by atoms with Gasteiger partial charge in [0.05, 0.1) is 5.69 Å². The summed E-state index contributed by atoms with van der Waals surface area (Å²) in [7, 11) is 0. The molecule has 2 aliphatic rings. The van der Waals surface area contributed by atoms with Crippen LogP contribution < -0.4 is 15.1 Å². The molecule has 2 amide bonds. The van der Waals surface area contributed by atoms with Crippen LogP contribution in [-0.4, -0.2) is 25.7 Å². The molecular weight excluding hydrogens is 286 g/mol. The van der Waals surface area contributed by atoms with E-state index in [0.717, 1.165) is 37.4 Å². The average Bonchev–Trinajstić information content (AvgIpc) is 3.25. The van der Waals surface area contributed by atoms with Gasteiger partial charge in [0, 0.05) is 31.0 Å². The van der Waals surface area contributed by atoms with E-state index in [2.05, 4.69) is 28.4 Å². The summed E-state index contributed by atoms with van der Waals surface area (Å²) < 4.78 is 0. The van der Waals surface area contributed by atoms with Crippen LogP contribution >= 0.6 is 0 Å². The second kappa shape index (κ2) is 5.95. The SMILES string of the molecule is O=C(Nc1ccccc1)N1CCc2ccc(N3CCCC3)cc21. The summed E-state index contributed by atoms with van der Waals surface area (Å²) in [6, 6.07) is 16.1. The Morgan fingerprint density at radius 2 is 1.74 bits per heavy atom. The van der Waals surface area contributed by atoms with Gasteiger partial charge >= 0.3 is 6.03 Å². The number of nitrogens with one attached hydrogen (secondary N) is 1. The Balaban J connectivity index is 1.56. The molecule has 0 atom stereocenters. The van der Waals surface area contributed by atoms with Crippen LogP contribution in [0.1, 0.15) is 18.4 Å². The van der Waals surface area contributed by atoms with Gasteiger partial charge in [-0.05, 0) is 49.1 Å². The number of para-hydroxylation sites is 1. The van der Waals surface area contributed by atoms with Crippen LogP contribution in [0.4, 0.5) is 21.9 Å². The number of nitrogens with zero attached hydrogens (tertiary/aromatic N) is 2. The van der Waals surface area contributed by atoms with Gasteiger partial charge in [-0.3, -0.25) is 4.90 Å². The monoisotopic (exact) mass is 307 g/mol. The fourth-order valence-electron chi connectivity index (χ4n) is 3.46. The first-order chi connectivity index (χ1) is 11.3. The van der Waals surface area contributed by atoms with Crippen molar-refractivity contribution in [1.29, 1.82) is 0 Å². The minimum Gasteiger partial charge on any atom is -0.371 e. The predicted molar refractivity (Wildman–Crippen MR) is 94.4 cm³/mol. The Hall–Kier alpha value is -2.49. The largest absolute Gasteiger partial charge is 0.371 e. The molecule has 0 spiro atoms. The first-order valence-electron chi connectivity index (χ1n) is 8.33. The molecule has 23 heavy (non-hydrogen) atoms. The normalized spacial score (nSPS) is 16.5. The van der Waals surface area contributed by atoms with Gasteiger partial charge in [0.2, 0.25) is 0 Å². The third-order valence-electron chi connectivity index (χ3n) is 4.71. The van der Waals surface area contributed by atoms with Gasteiger partial charge in [-0.25, -0.2) is 4.79 Å². The lowest BCUT2D eigenvalue weighted by molar-refractivity contribution is 0.257. The van der Waals surface area contributed by atoms with E-state index in [1.807, 2.05) is 35.2 Å². The van der Waals surface area contributed by atoms with E-state index >= 15 is 0 Å². The number of amides is 2. The van der Waals surface area contributed by atoms with Crippen molar-refractivity contribution in [3.8, 4) is 0 Å². The van der Waals surface area contributed by atoms with Crippen LogP contribution in [0.5, 0.6) is 0 Å². The quantitative estimate of drug-likeness (QED) is 0.914. The molecule has 1 saturated heterocycles. The zero-order valence-electron chi connectivity index (χ0n) is 13.2. The van der Waals surface area contributed by atoms with Crippen LogP contribution in [-0.2, 0) is 6.42 Å². The molecule has 0 aliphatic carbocycles. The molecule has 2 aromatic rings. The summed E-state index contributed by atoms with van der Waals surface area (Å²) in [6.45, 7) is 2.99. The highest BCUT2D eigenvalue weighted by molar-refractivity contribution is 6.03. The average molecular weight is 307 g/mol. The number of fused-ring (bicyclic) bond motifs is 1. The Morgan fingerprint density at radius 3 is 2.52 bits per heavy atom. The Morgan fingerprint density at radius 1 is 0.957 bits per heavy atom. The van der Waals surface area contributed by atoms with Crippen LogP contribution in [0.25, 0.3) is 0 Å². The van der Waals surface area contributed by atoms with Gasteiger partial charge in [-0.1, -0.05) is 24.3 Å². The Bertz CT molecular complexity index is 708. The molecule has 0 saturated carbocycles. The lowest BCUT2D eigenvalue weighted by Crippen LogP contribution is -2.33. The second-order valence-electron chi connectivity index (χ2n) is 6.20. The summed E-state index contributed by atoms with van der Waals surface area (Å²) in [6.07, 6.45) is 3.45. The van der Waals surface area contributed by atoms with E-state index < -0.39 is 0 Å². The Labute approximate surface area is 136 Å². The number of urea groups is 1. The molecule has 0 aromatic heterocycles. The lowest BCUT2D eigenvalue weighted by atomic mass is 10.1. The number of hydrogen-bond acceptors (Lipinski definition) is 2. The van der Waals surface area contributed by atoms with Crippen molar-refractivity contribution in [1.82, 2.24) is 0 Å². The molecule has 1 fully saturated rings. The molecule has 0 bridgehead atoms. The summed E-state index contributed by atoms with van der Waals surface area (Å²) in [5.74, 6) is 0. The first-order valence-corrected chi connectivity index (χ1v) is 8.33. The van der Waals surface area contributed by atoms with E-state index in [1.54, 1.807) is 0 Å². The number of carbonyl (C=O) groups is 1. The van der Waals surface area contributed by atoms with Crippen LogP contribution in [0.3, 0.4) is 0 Å². The number of rotatable bonds is 2. The van der Waals surface area contributed by atoms with Crippen molar-refractivity contribution in [3.63, 3.8) is 0 Å². The van der Waals surface area contributed by atoms with Crippen LogP contribution in [0.15, 0.2) is 48.5 Å². The molecule has 4 rings (SSSR count). The number of carbonyl (C=O) groups excluding carboxylic acids is 1.